The first kappa shape index (κ1) is 11.3. The first-order valence-corrected chi connectivity index (χ1v) is 5.98. The Hall–Kier alpha value is -1.16. The highest BCUT2D eigenvalue weighted by Gasteiger charge is 2.27. The smallest absolute Gasteiger partial charge is 0.225 e. The molecule has 0 bridgehead atoms. The van der Waals surface area contributed by atoms with E-state index in [4.69, 9.17) is 5.73 Å². The number of nitrogens with zero attached hydrogens (tertiary/aromatic N) is 3. The van der Waals surface area contributed by atoms with Crippen molar-refractivity contribution >= 4 is 5.95 Å². The summed E-state index contributed by atoms with van der Waals surface area (Å²) in [5.41, 5.74) is 6.61. The lowest BCUT2D eigenvalue weighted by molar-refractivity contribution is 0.624. The van der Waals surface area contributed by atoms with Crippen LogP contribution in [0.25, 0.3) is 0 Å². The van der Waals surface area contributed by atoms with Crippen LogP contribution in [0.4, 0.5) is 5.95 Å². The summed E-state index contributed by atoms with van der Waals surface area (Å²) in [5, 5.41) is 0. The molecule has 2 heterocycles. The molecule has 2 rings (SSSR count). The zero-order valence-corrected chi connectivity index (χ0v) is 10.1. The molecule has 2 atom stereocenters. The molecule has 4 heteroatoms. The van der Waals surface area contributed by atoms with E-state index in [2.05, 4.69) is 28.7 Å². The van der Waals surface area contributed by atoms with Crippen molar-refractivity contribution in [2.45, 2.75) is 32.7 Å². The molecule has 0 spiro atoms. The minimum atomic E-state index is 0.551. The van der Waals surface area contributed by atoms with Gasteiger partial charge in [-0.25, -0.2) is 9.97 Å². The maximum Gasteiger partial charge on any atom is 0.225 e. The van der Waals surface area contributed by atoms with Crippen LogP contribution in [-0.2, 0) is 6.42 Å². The highest BCUT2D eigenvalue weighted by Crippen LogP contribution is 2.25. The van der Waals surface area contributed by atoms with Crippen LogP contribution in [0.5, 0.6) is 0 Å². The first-order valence-electron chi connectivity index (χ1n) is 5.98. The fourth-order valence-electron chi connectivity index (χ4n) is 2.37. The van der Waals surface area contributed by atoms with Gasteiger partial charge in [0.15, 0.2) is 0 Å². The lowest BCUT2D eigenvalue weighted by Gasteiger charge is -2.21. The Labute approximate surface area is 96.9 Å². The van der Waals surface area contributed by atoms with Crippen molar-refractivity contribution in [1.29, 1.82) is 0 Å². The van der Waals surface area contributed by atoms with Gasteiger partial charge in [-0.3, -0.25) is 0 Å². The van der Waals surface area contributed by atoms with Crippen molar-refractivity contribution in [3.8, 4) is 0 Å². The molecule has 16 heavy (non-hydrogen) atoms. The fraction of sp³-hybridized carbons (Fsp3) is 0.667. The van der Waals surface area contributed by atoms with E-state index in [-0.39, 0.29) is 0 Å². The molecule has 0 aliphatic carbocycles. The molecule has 1 aromatic rings. The average molecular weight is 220 g/mol. The van der Waals surface area contributed by atoms with Crippen LogP contribution in [0.15, 0.2) is 12.4 Å². The van der Waals surface area contributed by atoms with Gasteiger partial charge in [-0.05, 0) is 37.8 Å². The van der Waals surface area contributed by atoms with E-state index < -0.39 is 0 Å². The minimum absolute atomic E-state index is 0.551. The molecule has 1 aromatic heterocycles. The number of anilines is 1. The summed E-state index contributed by atoms with van der Waals surface area (Å²) < 4.78 is 0. The number of aromatic nitrogens is 2. The van der Waals surface area contributed by atoms with Gasteiger partial charge in [-0.15, -0.1) is 0 Å². The monoisotopic (exact) mass is 220 g/mol. The quantitative estimate of drug-likeness (QED) is 0.832. The Balaban J connectivity index is 2.09. The molecule has 1 fully saturated rings. The third-order valence-electron chi connectivity index (χ3n) is 3.17. The third kappa shape index (κ3) is 2.32. The molecule has 0 saturated carbocycles. The summed E-state index contributed by atoms with van der Waals surface area (Å²) in [5.74, 6) is 1.60. The standard InChI is InChI=1S/C12H20N4/c1-9-5-10(2)16(8-9)12-14-6-11(3-4-13)7-15-12/h6-7,9-10H,3-5,8,13H2,1-2H3. The summed E-state index contributed by atoms with van der Waals surface area (Å²) in [6.45, 7) is 6.23. The molecule has 0 radical (unpaired) electrons. The van der Waals surface area contributed by atoms with Gasteiger partial charge in [-0.2, -0.15) is 0 Å². The lowest BCUT2D eigenvalue weighted by Crippen LogP contribution is -2.28. The van der Waals surface area contributed by atoms with Gasteiger partial charge in [0.2, 0.25) is 5.95 Å². The van der Waals surface area contributed by atoms with Crippen molar-refractivity contribution < 1.29 is 0 Å². The van der Waals surface area contributed by atoms with Crippen molar-refractivity contribution in [2.24, 2.45) is 11.7 Å². The van der Waals surface area contributed by atoms with Crippen LogP contribution >= 0.6 is 0 Å². The number of hydrogen-bond acceptors (Lipinski definition) is 4. The molecule has 0 amide bonds. The van der Waals surface area contributed by atoms with Gasteiger partial charge in [0, 0.05) is 25.0 Å². The predicted molar refractivity (Wildman–Crippen MR) is 65.4 cm³/mol. The SMILES string of the molecule is CC1CC(C)N(c2ncc(CCN)cn2)C1. The second-order valence-corrected chi connectivity index (χ2v) is 4.77. The van der Waals surface area contributed by atoms with Gasteiger partial charge < -0.3 is 10.6 Å². The van der Waals surface area contributed by atoms with E-state index in [1.165, 1.54) is 6.42 Å². The molecular weight excluding hydrogens is 200 g/mol. The minimum Gasteiger partial charge on any atom is -0.338 e. The number of rotatable bonds is 3. The largest absolute Gasteiger partial charge is 0.338 e. The van der Waals surface area contributed by atoms with Gasteiger partial charge in [-0.1, -0.05) is 6.92 Å². The number of hydrogen-bond donors (Lipinski definition) is 1. The molecule has 1 saturated heterocycles. The summed E-state index contributed by atoms with van der Waals surface area (Å²) in [6.07, 6.45) is 5.87. The zero-order valence-electron chi connectivity index (χ0n) is 10.1. The van der Waals surface area contributed by atoms with E-state index in [0.717, 1.165) is 30.4 Å². The molecule has 4 nitrogen and oxygen atoms in total. The second-order valence-electron chi connectivity index (χ2n) is 4.77. The van der Waals surface area contributed by atoms with E-state index >= 15 is 0 Å². The molecule has 2 unspecified atom stereocenters. The van der Waals surface area contributed by atoms with E-state index in [0.29, 0.717) is 12.6 Å². The summed E-state index contributed by atoms with van der Waals surface area (Å²) in [6, 6.07) is 0.551. The molecule has 1 aliphatic rings. The maximum atomic E-state index is 5.50. The normalized spacial score (nSPS) is 25.1. The Kier molecular flexibility index (Phi) is 3.39. The van der Waals surface area contributed by atoms with Crippen molar-refractivity contribution in [1.82, 2.24) is 9.97 Å². The maximum absolute atomic E-state index is 5.50. The molecule has 88 valence electrons. The Morgan fingerprint density at radius 2 is 2.06 bits per heavy atom. The molecule has 0 aromatic carbocycles. The summed E-state index contributed by atoms with van der Waals surface area (Å²) in [4.78, 5) is 11.1. The van der Waals surface area contributed by atoms with Crippen molar-refractivity contribution in [3.63, 3.8) is 0 Å². The second kappa shape index (κ2) is 4.78. The van der Waals surface area contributed by atoms with Crippen LogP contribution in [0.2, 0.25) is 0 Å². The Bertz CT molecular complexity index is 335. The molecule has 1 aliphatic heterocycles. The van der Waals surface area contributed by atoms with Crippen LogP contribution in [-0.4, -0.2) is 29.1 Å². The average Bonchev–Trinajstić information content (AvgIpc) is 2.59. The molecule has 2 N–H and O–H groups in total. The highest BCUT2D eigenvalue weighted by molar-refractivity contribution is 5.33. The van der Waals surface area contributed by atoms with Gasteiger partial charge in [0.25, 0.3) is 0 Å². The van der Waals surface area contributed by atoms with E-state index in [1.54, 1.807) is 0 Å². The van der Waals surface area contributed by atoms with Crippen LogP contribution in [0.1, 0.15) is 25.8 Å². The topological polar surface area (TPSA) is 55.0 Å². The van der Waals surface area contributed by atoms with Crippen LogP contribution in [0.3, 0.4) is 0 Å². The Morgan fingerprint density at radius 1 is 1.38 bits per heavy atom. The first-order chi connectivity index (χ1) is 7.70. The lowest BCUT2D eigenvalue weighted by atomic mass is 10.1. The highest BCUT2D eigenvalue weighted by atomic mass is 15.3. The van der Waals surface area contributed by atoms with E-state index in [1.807, 2.05) is 12.4 Å². The van der Waals surface area contributed by atoms with E-state index in [9.17, 15) is 0 Å². The summed E-state index contributed by atoms with van der Waals surface area (Å²) >= 11 is 0. The van der Waals surface area contributed by atoms with Crippen molar-refractivity contribution in [2.75, 3.05) is 18.0 Å². The zero-order chi connectivity index (χ0) is 11.5. The summed E-state index contributed by atoms with van der Waals surface area (Å²) in [7, 11) is 0. The fourth-order valence-corrected chi connectivity index (χ4v) is 2.37. The Morgan fingerprint density at radius 3 is 2.56 bits per heavy atom. The van der Waals surface area contributed by atoms with Crippen LogP contribution < -0.4 is 10.6 Å². The van der Waals surface area contributed by atoms with Gasteiger partial charge in [0.05, 0.1) is 0 Å². The number of nitrogens with two attached hydrogens (primary N) is 1. The third-order valence-corrected chi connectivity index (χ3v) is 3.17. The van der Waals surface area contributed by atoms with Crippen LogP contribution in [0, 0.1) is 5.92 Å². The van der Waals surface area contributed by atoms with Crippen molar-refractivity contribution in [3.05, 3.63) is 18.0 Å². The van der Waals surface area contributed by atoms with Gasteiger partial charge in [0.1, 0.15) is 0 Å². The molecular formula is C12H20N4. The van der Waals surface area contributed by atoms with Gasteiger partial charge >= 0.3 is 0 Å². The predicted octanol–water partition coefficient (Wildman–Crippen LogP) is 1.21.